The molecule has 0 rings (SSSR count). The summed E-state index contributed by atoms with van der Waals surface area (Å²) in [6.07, 6.45) is 0. The van der Waals surface area contributed by atoms with Crippen LogP contribution in [0.5, 0.6) is 0 Å². The Kier molecular flexibility index (Phi) is 15.8. The molecule has 0 aliphatic rings. The van der Waals surface area contributed by atoms with E-state index < -0.39 is 0 Å². The van der Waals surface area contributed by atoms with Gasteiger partial charge in [0.1, 0.15) is 0 Å². The van der Waals surface area contributed by atoms with E-state index in [1.54, 1.807) is 0 Å². The first-order valence-corrected chi connectivity index (χ1v) is 3.23. The summed E-state index contributed by atoms with van der Waals surface area (Å²) in [4.78, 5) is 0. The molecule has 0 unspecified atom stereocenters. The van der Waals surface area contributed by atoms with E-state index in [1.807, 2.05) is 6.92 Å². The third-order valence-corrected chi connectivity index (χ3v) is 0.821. The molecule has 0 atom stereocenters. The van der Waals surface area contributed by atoms with Gasteiger partial charge in [-0.25, -0.2) is 0 Å². The van der Waals surface area contributed by atoms with Crippen LogP contribution in [0.25, 0.3) is 5.32 Å². The average molecular weight is 158 g/mol. The molecule has 0 amide bonds. The predicted octanol–water partition coefficient (Wildman–Crippen LogP) is -1.22. The summed E-state index contributed by atoms with van der Waals surface area (Å²) in [7, 11) is 0. The van der Waals surface area contributed by atoms with Crippen LogP contribution in [0.15, 0.2) is 0 Å². The molecule has 0 fully saturated rings. The summed E-state index contributed by atoms with van der Waals surface area (Å²) < 4.78 is 0. The molecule has 7 heavy (non-hydrogen) atoms. The van der Waals surface area contributed by atoms with Gasteiger partial charge in [-0.15, -0.1) is 6.54 Å². The van der Waals surface area contributed by atoms with Gasteiger partial charge in [-0.05, 0) is 5.33 Å². The molecule has 3 heteroatoms. The summed E-state index contributed by atoms with van der Waals surface area (Å²) in [5.74, 6) is 0. The van der Waals surface area contributed by atoms with E-state index >= 15 is 0 Å². The second kappa shape index (κ2) is 10.1. The molecule has 0 aliphatic heterocycles. The smallest absolute Gasteiger partial charge is 0.662 e. The zero-order valence-corrected chi connectivity index (χ0v) is 6.53. The van der Waals surface area contributed by atoms with Crippen LogP contribution in [-0.2, 0) is 0 Å². The largest absolute Gasteiger partial charge is 1.00 e. The molecule has 0 aromatic carbocycles. The molecule has 0 aromatic heterocycles. The minimum atomic E-state index is 0. The second-order valence-electron chi connectivity index (χ2n) is 0.952. The van der Waals surface area contributed by atoms with Crippen molar-refractivity contribution in [3.63, 3.8) is 0 Å². The van der Waals surface area contributed by atoms with Gasteiger partial charge >= 0.3 is 18.9 Å². The minimum Gasteiger partial charge on any atom is -0.662 e. The van der Waals surface area contributed by atoms with Crippen molar-refractivity contribution in [1.29, 1.82) is 0 Å². The summed E-state index contributed by atoms with van der Waals surface area (Å²) in [6.45, 7) is 3.95. The number of nitrogens with zero attached hydrogens (tertiary/aromatic N) is 1. The molecule has 38 valence electrons. The van der Waals surface area contributed by atoms with Crippen molar-refractivity contribution in [1.82, 2.24) is 0 Å². The molecular formula is C4H9BrLiN. The molecule has 0 N–H and O–H groups in total. The Morgan fingerprint density at radius 2 is 2.14 bits per heavy atom. The zero-order chi connectivity index (χ0) is 4.83. The van der Waals surface area contributed by atoms with Gasteiger partial charge in [0.25, 0.3) is 0 Å². The van der Waals surface area contributed by atoms with Crippen LogP contribution in [0.2, 0.25) is 0 Å². The number of alkyl halides is 1. The molecule has 0 bridgehead atoms. The Hall–Kier alpha value is 1.04. The molecule has 0 heterocycles. The SMILES string of the molecule is CC[N-]CCBr.[Li+]. The summed E-state index contributed by atoms with van der Waals surface area (Å²) in [6, 6.07) is 0. The van der Waals surface area contributed by atoms with Gasteiger partial charge in [0.05, 0.1) is 0 Å². The Balaban J connectivity index is 0. The summed E-state index contributed by atoms with van der Waals surface area (Å²) >= 11 is 3.26. The van der Waals surface area contributed by atoms with Crippen LogP contribution >= 0.6 is 15.9 Å². The first-order chi connectivity index (χ1) is 2.91. The average Bonchev–Trinajstić information content (AvgIpc) is 1.61. The molecule has 1 nitrogen and oxygen atoms in total. The molecule has 0 aromatic rings. The number of rotatable bonds is 3. The van der Waals surface area contributed by atoms with Crippen molar-refractivity contribution in [2.75, 3.05) is 18.4 Å². The van der Waals surface area contributed by atoms with Gasteiger partial charge in [-0.3, -0.25) is 0 Å². The van der Waals surface area contributed by atoms with E-state index in [-0.39, 0.29) is 18.9 Å². The number of halogens is 1. The normalized spacial score (nSPS) is 7.71. The van der Waals surface area contributed by atoms with Gasteiger partial charge in [0, 0.05) is 0 Å². The predicted molar refractivity (Wildman–Crippen MR) is 32.6 cm³/mol. The Bertz CT molecular complexity index is 23.7. The van der Waals surface area contributed by atoms with Crippen molar-refractivity contribution < 1.29 is 18.9 Å². The first-order valence-electron chi connectivity index (χ1n) is 2.11. The van der Waals surface area contributed by atoms with Gasteiger partial charge < -0.3 is 5.32 Å². The third-order valence-electron chi connectivity index (χ3n) is 0.466. The van der Waals surface area contributed by atoms with Crippen LogP contribution < -0.4 is 18.9 Å². The molecule has 0 saturated carbocycles. The Labute approximate surface area is 65.5 Å². The van der Waals surface area contributed by atoms with Crippen molar-refractivity contribution in [2.24, 2.45) is 0 Å². The second-order valence-corrected chi connectivity index (χ2v) is 1.75. The maximum atomic E-state index is 4.04. The van der Waals surface area contributed by atoms with Crippen LogP contribution in [0.1, 0.15) is 6.92 Å². The van der Waals surface area contributed by atoms with E-state index in [1.165, 1.54) is 0 Å². The Morgan fingerprint density at radius 3 is 2.29 bits per heavy atom. The van der Waals surface area contributed by atoms with E-state index in [4.69, 9.17) is 0 Å². The standard InChI is InChI=1S/C4H9BrN.Li/c1-2-6-4-3-5;/h2-4H2,1H3;/q-1;+1. The van der Waals surface area contributed by atoms with Crippen LogP contribution in [0.3, 0.4) is 0 Å². The van der Waals surface area contributed by atoms with Crippen LogP contribution in [0.4, 0.5) is 0 Å². The van der Waals surface area contributed by atoms with E-state index in [9.17, 15) is 0 Å². The fraction of sp³-hybridized carbons (Fsp3) is 1.00. The number of hydrogen-bond acceptors (Lipinski definition) is 0. The van der Waals surface area contributed by atoms with E-state index in [0.717, 1.165) is 18.4 Å². The molecule has 0 saturated heterocycles. The molecule has 0 radical (unpaired) electrons. The first kappa shape index (κ1) is 10.9. The summed E-state index contributed by atoms with van der Waals surface area (Å²) in [5, 5.41) is 5.04. The fourth-order valence-electron chi connectivity index (χ4n) is 0.218. The fourth-order valence-corrected chi connectivity index (χ4v) is 0.469. The maximum absolute atomic E-state index is 4.04. The maximum Gasteiger partial charge on any atom is 1.00 e. The van der Waals surface area contributed by atoms with Crippen LogP contribution in [0, 0.1) is 0 Å². The van der Waals surface area contributed by atoms with Gasteiger partial charge in [0.2, 0.25) is 0 Å². The molecule has 0 spiro atoms. The Morgan fingerprint density at radius 1 is 1.57 bits per heavy atom. The van der Waals surface area contributed by atoms with Crippen molar-refractivity contribution >= 4 is 15.9 Å². The van der Waals surface area contributed by atoms with Crippen molar-refractivity contribution in [3.05, 3.63) is 5.32 Å². The van der Waals surface area contributed by atoms with Crippen molar-refractivity contribution in [3.8, 4) is 0 Å². The summed E-state index contributed by atoms with van der Waals surface area (Å²) in [5.41, 5.74) is 0. The van der Waals surface area contributed by atoms with E-state index in [2.05, 4.69) is 21.2 Å². The quantitative estimate of drug-likeness (QED) is 0.277. The minimum absolute atomic E-state index is 0. The van der Waals surface area contributed by atoms with Gasteiger partial charge in [-0.1, -0.05) is 22.9 Å². The van der Waals surface area contributed by atoms with Crippen molar-refractivity contribution in [2.45, 2.75) is 6.92 Å². The van der Waals surface area contributed by atoms with Crippen LogP contribution in [-0.4, -0.2) is 18.4 Å². The molecular weight excluding hydrogens is 149 g/mol. The molecule has 0 aliphatic carbocycles. The third kappa shape index (κ3) is 11.0. The monoisotopic (exact) mass is 157 g/mol. The van der Waals surface area contributed by atoms with Gasteiger partial charge in [-0.2, -0.15) is 6.54 Å². The zero-order valence-electron chi connectivity index (χ0n) is 4.95. The van der Waals surface area contributed by atoms with Gasteiger partial charge in [0.15, 0.2) is 0 Å². The number of hydrogen-bond donors (Lipinski definition) is 0. The topological polar surface area (TPSA) is 14.1 Å². The van der Waals surface area contributed by atoms with E-state index in [0.29, 0.717) is 0 Å².